The summed E-state index contributed by atoms with van der Waals surface area (Å²) in [5.41, 5.74) is 2.80. The molecule has 2 aromatic rings. The lowest BCUT2D eigenvalue weighted by atomic mass is 10.0. The number of hydrogen-bond donors (Lipinski definition) is 2. The number of pyridine rings is 1. The van der Waals surface area contributed by atoms with Crippen LogP contribution < -0.4 is 5.32 Å². The maximum Gasteiger partial charge on any atom is 0.256 e. The van der Waals surface area contributed by atoms with Gasteiger partial charge in [-0.25, -0.2) is 0 Å². The van der Waals surface area contributed by atoms with Gasteiger partial charge in [-0.3, -0.25) is 9.78 Å². The Morgan fingerprint density at radius 1 is 1.22 bits per heavy atom. The molecular weight excluding hydrogens is 228 g/mol. The molecule has 4 heteroatoms. The number of benzene rings is 1. The highest BCUT2D eigenvalue weighted by molar-refractivity contribution is 6.06. The summed E-state index contributed by atoms with van der Waals surface area (Å²) >= 11 is 0. The molecule has 2 N–H and O–H groups in total. The maximum atomic E-state index is 12.2. The van der Waals surface area contributed by atoms with Crippen LogP contribution >= 0.6 is 0 Å². The fourth-order valence-electron chi connectivity index (χ4n) is 1.85. The van der Waals surface area contributed by atoms with Gasteiger partial charge in [0, 0.05) is 11.8 Å². The smallest absolute Gasteiger partial charge is 0.256 e. The molecule has 2 rings (SSSR count). The topological polar surface area (TPSA) is 62.2 Å². The summed E-state index contributed by atoms with van der Waals surface area (Å²) in [5, 5.41) is 12.2. The Kier molecular flexibility index (Phi) is 3.28. The van der Waals surface area contributed by atoms with Crippen LogP contribution in [0.5, 0.6) is 5.75 Å². The number of nitrogens with zero attached hydrogens (tertiary/aromatic N) is 1. The van der Waals surface area contributed by atoms with Crippen LogP contribution in [0.3, 0.4) is 0 Å². The lowest BCUT2D eigenvalue weighted by Gasteiger charge is -2.10. The molecule has 0 saturated heterocycles. The molecule has 4 nitrogen and oxygen atoms in total. The lowest BCUT2D eigenvalue weighted by molar-refractivity contribution is 0.102. The third kappa shape index (κ3) is 2.32. The van der Waals surface area contributed by atoms with E-state index in [0.29, 0.717) is 11.3 Å². The van der Waals surface area contributed by atoms with Gasteiger partial charge in [-0.1, -0.05) is 18.2 Å². The lowest BCUT2D eigenvalue weighted by Crippen LogP contribution is -2.15. The summed E-state index contributed by atoms with van der Waals surface area (Å²) in [6.45, 7) is 3.77. The van der Waals surface area contributed by atoms with Crippen LogP contribution in [0.1, 0.15) is 21.5 Å². The van der Waals surface area contributed by atoms with Crippen molar-refractivity contribution >= 4 is 11.6 Å². The van der Waals surface area contributed by atoms with Gasteiger partial charge in [0.15, 0.2) is 5.75 Å². The minimum atomic E-state index is -0.230. The van der Waals surface area contributed by atoms with Crippen molar-refractivity contribution in [1.29, 1.82) is 0 Å². The quantitative estimate of drug-likeness (QED) is 0.851. The summed E-state index contributed by atoms with van der Waals surface area (Å²) in [6.07, 6.45) is 2.81. The predicted molar refractivity (Wildman–Crippen MR) is 69.8 cm³/mol. The van der Waals surface area contributed by atoms with E-state index in [-0.39, 0.29) is 11.7 Å². The highest BCUT2D eigenvalue weighted by Gasteiger charge is 2.13. The van der Waals surface area contributed by atoms with Crippen LogP contribution in [-0.4, -0.2) is 16.0 Å². The zero-order valence-corrected chi connectivity index (χ0v) is 10.3. The molecule has 1 heterocycles. The molecule has 0 aliphatic rings. The fourth-order valence-corrected chi connectivity index (χ4v) is 1.85. The van der Waals surface area contributed by atoms with E-state index in [0.717, 1.165) is 11.1 Å². The maximum absolute atomic E-state index is 12.2. The molecular formula is C14H14N2O2. The molecule has 0 radical (unpaired) electrons. The fraction of sp³-hybridized carbons (Fsp3) is 0.143. The second-order valence-electron chi connectivity index (χ2n) is 4.11. The van der Waals surface area contributed by atoms with Crippen molar-refractivity contribution in [2.24, 2.45) is 0 Å². The highest BCUT2D eigenvalue weighted by Crippen LogP contribution is 2.22. The summed E-state index contributed by atoms with van der Waals surface area (Å²) in [5.74, 6) is -0.274. The van der Waals surface area contributed by atoms with Crippen LogP contribution in [0.25, 0.3) is 0 Å². The van der Waals surface area contributed by atoms with Crippen molar-refractivity contribution in [2.45, 2.75) is 13.8 Å². The molecule has 18 heavy (non-hydrogen) atoms. The number of aryl methyl sites for hydroxylation is 2. The van der Waals surface area contributed by atoms with Gasteiger partial charge in [0.05, 0.1) is 11.9 Å². The molecule has 0 fully saturated rings. The first-order valence-electron chi connectivity index (χ1n) is 5.60. The molecule has 0 spiro atoms. The van der Waals surface area contributed by atoms with Crippen LogP contribution in [0.15, 0.2) is 36.7 Å². The zero-order valence-electron chi connectivity index (χ0n) is 10.3. The van der Waals surface area contributed by atoms with Crippen LogP contribution in [0.4, 0.5) is 5.69 Å². The standard InChI is InChI=1S/C14H14N2O2/c1-9-4-3-5-10(2)13(9)14(18)16-11-6-7-15-8-12(11)17/h3-8,17H,1-2H3,(H,15,16,18). The first kappa shape index (κ1) is 12.1. The molecule has 1 aromatic carbocycles. The van der Waals surface area contributed by atoms with Gasteiger partial charge in [0.1, 0.15) is 0 Å². The van der Waals surface area contributed by atoms with E-state index >= 15 is 0 Å². The molecule has 1 aromatic heterocycles. The van der Waals surface area contributed by atoms with Crippen molar-refractivity contribution < 1.29 is 9.90 Å². The number of carbonyl (C=O) groups excluding carboxylic acids is 1. The van der Waals surface area contributed by atoms with E-state index in [1.807, 2.05) is 32.0 Å². The van der Waals surface area contributed by atoms with Gasteiger partial charge < -0.3 is 10.4 Å². The summed E-state index contributed by atoms with van der Waals surface area (Å²) < 4.78 is 0. The molecule has 0 aliphatic carbocycles. The number of amides is 1. The molecule has 0 aliphatic heterocycles. The first-order chi connectivity index (χ1) is 8.59. The predicted octanol–water partition coefficient (Wildman–Crippen LogP) is 2.66. The Morgan fingerprint density at radius 2 is 1.89 bits per heavy atom. The Labute approximate surface area is 105 Å². The van der Waals surface area contributed by atoms with Crippen molar-refractivity contribution in [2.75, 3.05) is 5.32 Å². The molecule has 0 unspecified atom stereocenters. The van der Waals surface area contributed by atoms with E-state index in [1.165, 1.54) is 12.4 Å². The van der Waals surface area contributed by atoms with Gasteiger partial charge in [-0.15, -0.1) is 0 Å². The van der Waals surface area contributed by atoms with E-state index in [9.17, 15) is 9.90 Å². The van der Waals surface area contributed by atoms with Crippen molar-refractivity contribution in [1.82, 2.24) is 4.98 Å². The minimum Gasteiger partial charge on any atom is -0.504 e. The van der Waals surface area contributed by atoms with Crippen molar-refractivity contribution in [3.63, 3.8) is 0 Å². The SMILES string of the molecule is Cc1cccc(C)c1C(=O)Nc1ccncc1O. The zero-order chi connectivity index (χ0) is 13.1. The second kappa shape index (κ2) is 4.87. The Balaban J connectivity index is 2.31. The summed E-state index contributed by atoms with van der Waals surface area (Å²) in [7, 11) is 0. The molecule has 92 valence electrons. The number of hydrogen-bond acceptors (Lipinski definition) is 3. The number of carbonyl (C=O) groups is 1. The van der Waals surface area contributed by atoms with Crippen LogP contribution in [0, 0.1) is 13.8 Å². The van der Waals surface area contributed by atoms with Gasteiger partial charge >= 0.3 is 0 Å². The molecule has 0 atom stereocenters. The van der Waals surface area contributed by atoms with Crippen molar-refractivity contribution in [3.05, 3.63) is 53.3 Å². The van der Waals surface area contributed by atoms with E-state index in [4.69, 9.17) is 0 Å². The minimum absolute atomic E-state index is 0.0444. The Morgan fingerprint density at radius 3 is 2.50 bits per heavy atom. The molecule has 1 amide bonds. The van der Waals surface area contributed by atoms with Gasteiger partial charge in [-0.2, -0.15) is 0 Å². The van der Waals surface area contributed by atoms with E-state index in [1.54, 1.807) is 6.07 Å². The molecule has 0 saturated carbocycles. The van der Waals surface area contributed by atoms with Gasteiger partial charge in [0.25, 0.3) is 5.91 Å². The van der Waals surface area contributed by atoms with Crippen LogP contribution in [0.2, 0.25) is 0 Å². The second-order valence-corrected chi connectivity index (χ2v) is 4.11. The Hall–Kier alpha value is -2.36. The van der Waals surface area contributed by atoms with Gasteiger partial charge in [0.2, 0.25) is 0 Å². The number of anilines is 1. The number of aromatic hydroxyl groups is 1. The number of aromatic nitrogens is 1. The van der Waals surface area contributed by atoms with Gasteiger partial charge in [-0.05, 0) is 31.0 Å². The highest BCUT2D eigenvalue weighted by atomic mass is 16.3. The third-order valence-corrected chi connectivity index (χ3v) is 2.76. The average molecular weight is 242 g/mol. The Bertz CT molecular complexity index is 574. The molecule has 0 bridgehead atoms. The monoisotopic (exact) mass is 242 g/mol. The number of nitrogens with one attached hydrogen (secondary N) is 1. The van der Waals surface area contributed by atoms with E-state index < -0.39 is 0 Å². The summed E-state index contributed by atoms with van der Waals surface area (Å²) in [4.78, 5) is 15.9. The van der Waals surface area contributed by atoms with Crippen molar-refractivity contribution in [3.8, 4) is 5.75 Å². The van der Waals surface area contributed by atoms with Crippen LogP contribution in [-0.2, 0) is 0 Å². The number of rotatable bonds is 2. The third-order valence-electron chi connectivity index (χ3n) is 2.76. The summed E-state index contributed by atoms with van der Waals surface area (Å²) in [6, 6.07) is 7.23. The van der Waals surface area contributed by atoms with E-state index in [2.05, 4.69) is 10.3 Å². The largest absolute Gasteiger partial charge is 0.504 e. The normalized spacial score (nSPS) is 10.1. The average Bonchev–Trinajstić information content (AvgIpc) is 2.32. The first-order valence-corrected chi connectivity index (χ1v) is 5.60.